The van der Waals surface area contributed by atoms with Crippen LogP contribution in [0.25, 0.3) is 5.76 Å². The van der Waals surface area contributed by atoms with E-state index in [-0.39, 0.29) is 18.1 Å². The number of hydrogen-bond donors (Lipinski definition) is 1. The van der Waals surface area contributed by atoms with E-state index < -0.39 is 23.7 Å². The summed E-state index contributed by atoms with van der Waals surface area (Å²) < 4.78 is 15.5. The van der Waals surface area contributed by atoms with E-state index >= 15 is 0 Å². The number of esters is 1. The average molecular weight is 501 g/mol. The number of ketones is 1. The molecule has 0 bridgehead atoms. The number of benzene rings is 3. The summed E-state index contributed by atoms with van der Waals surface area (Å²) in [6.07, 6.45) is 0. The number of nitrogens with zero attached hydrogens (tertiary/aromatic N) is 2. The van der Waals surface area contributed by atoms with Crippen LogP contribution in [-0.4, -0.2) is 50.8 Å². The minimum Gasteiger partial charge on any atom is -0.507 e. The van der Waals surface area contributed by atoms with Crippen LogP contribution in [0.4, 0.5) is 11.4 Å². The lowest BCUT2D eigenvalue weighted by Gasteiger charge is -2.26. The number of hydrogen-bond acceptors (Lipinski definition) is 8. The number of aliphatic hydroxyl groups excluding tert-OH is 1. The molecule has 1 saturated heterocycles. The molecule has 1 N–H and O–H groups in total. The highest BCUT2D eigenvalue weighted by molar-refractivity contribution is 6.51. The third-order valence-corrected chi connectivity index (χ3v) is 6.38. The topological polar surface area (TPSA) is 106 Å². The van der Waals surface area contributed by atoms with E-state index in [1.54, 1.807) is 30.3 Å². The van der Waals surface area contributed by atoms with Gasteiger partial charge in [0.2, 0.25) is 6.79 Å². The van der Waals surface area contributed by atoms with E-state index in [4.69, 9.17) is 14.2 Å². The minimum atomic E-state index is -0.911. The van der Waals surface area contributed by atoms with Crippen LogP contribution in [0.5, 0.6) is 11.5 Å². The minimum absolute atomic E-state index is 0.0569. The van der Waals surface area contributed by atoms with Gasteiger partial charge in [0.15, 0.2) is 11.5 Å². The van der Waals surface area contributed by atoms with Crippen molar-refractivity contribution in [1.82, 2.24) is 0 Å². The quantitative estimate of drug-likeness (QED) is 0.243. The summed E-state index contributed by atoms with van der Waals surface area (Å²) in [4.78, 5) is 41.9. The Hall–Kier alpha value is -4.79. The molecule has 1 unspecified atom stereocenters. The van der Waals surface area contributed by atoms with Gasteiger partial charge in [0.05, 0.1) is 24.3 Å². The zero-order valence-electron chi connectivity index (χ0n) is 20.4. The molecule has 0 spiro atoms. The molecule has 37 heavy (non-hydrogen) atoms. The number of anilines is 2. The van der Waals surface area contributed by atoms with Crippen LogP contribution in [0.2, 0.25) is 0 Å². The molecule has 1 amide bonds. The number of ether oxygens (including phenoxy) is 3. The number of amides is 1. The van der Waals surface area contributed by atoms with Gasteiger partial charge in [-0.05, 0) is 60.2 Å². The van der Waals surface area contributed by atoms with Crippen LogP contribution in [-0.2, 0) is 14.3 Å². The molecule has 0 aliphatic carbocycles. The Morgan fingerprint density at radius 3 is 2.24 bits per heavy atom. The van der Waals surface area contributed by atoms with Gasteiger partial charge in [-0.15, -0.1) is 0 Å². The highest BCUT2D eigenvalue weighted by Gasteiger charge is 2.47. The first-order chi connectivity index (χ1) is 17.8. The summed E-state index contributed by atoms with van der Waals surface area (Å²) in [7, 11) is 5.09. The molecule has 188 valence electrons. The fraction of sp³-hybridized carbons (Fsp3) is 0.179. The van der Waals surface area contributed by atoms with Gasteiger partial charge in [0.25, 0.3) is 11.7 Å². The maximum Gasteiger partial charge on any atom is 0.337 e. The van der Waals surface area contributed by atoms with Crippen molar-refractivity contribution in [2.75, 3.05) is 37.8 Å². The van der Waals surface area contributed by atoms with E-state index in [0.29, 0.717) is 33.9 Å². The molecule has 2 heterocycles. The van der Waals surface area contributed by atoms with Gasteiger partial charge in [-0.3, -0.25) is 14.5 Å². The summed E-state index contributed by atoms with van der Waals surface area (Å²) in [6, 6.07) is 17.4. The van der Waals surface area contributed by atoms with E-state index in [9.17, 15) is 19.5 Å². The van der Waals surface area contributed by atoms with Crippen molar-refractivity contribution in [3.05, 3.63) is 89.0 Å². The molecule has 5 rings (SSSR count). The van der Waals surface area contributed by atoms with Crippen LogP contribution >= 0.6 is 0 Å². The largest absolute Gasteiger partial charge is 0.507 e. The van der Waals surface area contributed by atoms with Crippen LogP contribution < -0.4 is 19.3 Å². The lowest BCUT2D eigenvalue weighted by molar-refractivity contribution is -0.132. The van der Waals surface area contributed by atoms with Crippen molar-refractivity contribution < 1.29 is 33.7 Å². The first-order valence-corrected chi connectivity index (χ1v) is 11.5. The van der Waals surface area contributed by atoms with Crippen molar-refractivity contribution in [3.8, 4) is 11.5 Å². The third kappa shape index (κ3) is 4.14. The number of Topliss-reactive ketones (excluding diaryl/α,β-unsaturated/α-hetero) is 1. The molecule has 2 aliphatic heterocycles. The molecular weight excluding hydrogens is 476 g/mol. The van der Waals surface area contributed by atoms with Gasteiger partial charge in [-0.2, -0.15) is 0 Å². The fourth-order valence-corrected chi connectivity index (χ4v) is 4.44. The second kappa shape index (κ2) is 9.34. The smallest absolute Gasteiger partial charge is 0.337 e. The summed E-state index contributed by atoms with van der Waals surface area (Å²) in [5.41, 5.74) is 2.51. The third-order valence-electron chi connectivity index (χ3n) is 6.38. The first kappa shape index (κ1) is 23.9. The van der Waals surface area contributed by atoms with Gasteiger partial charge in [0, 0.05) is 31.0 Å². The molecule has 3 aromatic rings. The number of carbonyl (C=O) groups excluding carboxylic acids is 3. The summed E-state index contributed by atoms with van der Waals surface area (Å²) in [5, 5.41) is 11.3. The fourth-order valence-electron chi connectivity index (χ4n) is 4.44. The van der Waals surface area contributed by atoms with E-state index in [1.807, 2.05) is 43.3 Å². The van der Waals surface area contributed by atoms with Gasteiger partial charge in [-0.1, -0.05) is 12.1 Å². The van der Waals surface area contributed by atoms with Crippen LogP contribution in [0, 0.1) is 0 Å². The van der Waals surface area contributed by atoms with Crippen molar-refractivity contribution in [2.45, 2.75) is 6.04 Å². The number of carbonyl (C=O) groups is 3. The highest BCUT2D eigenvalue weighted by atomic mass is 16.7. The van der Waals surface area contributed by atoms with E-state index in [2.05, 4.69) is 0 Å². The molecule has 0 aromatic heterocycles. The Kier molecular flexibility index (Phi) is 6.04. The second-order valence-electron chi connectivity index (χ2n) is 8.76. The Bertz CT molecular complexity index is 1430. The number of fused-ring (bicyclic) bond motifs is 1. The molecule has 9 nitrogen and oxygen atoms in total. The molecule has 0 saturated carbocycles. The van der Waals surface area contributed by atoms with Gasteiger partial charge >= 0.3 is 5.97 Å². The predicted molar refractivity (Wildman–Crippen MR) is 136 cm³/mol. The standard InChI is InChI=1S/C28H24N2O7/c1-29(2)19-9-4-16(5-10-19)24-23(25(31)18-8-13-21-22(14-18)37-15-36-21)26(32)27(33)30(24)20-11-6-17(7-12-20)28(34)35-3/h4-14,24,31H,15H2,1-3H3/b25-23-. The second-order valence-corrected chi connectivity index (χ2v) is 8.76. The van der Waals surface area contributed by atoms with Crippen molar-refractivity contribution >= 4 is 34.8 Å². The predicted octanol–water partition coefficient (Wildman–Crippen LogP) is 3.89. The zero-order chi connectivity index (χ0) is 26.3. The lowest BCUT2D eigenvalue weighted by atomic mass is 9.94. The Balaban J connectivity index is 1.65. The number of aliphatic hydroxyl groups is 1. The van der Waals surface area contributed by atoms with E-state index in [1.165, 1.54) is 24.1 Å². The Morgan fingerprint density at radius 1 is 0.946 bits per heavy atom. The zero-order valence-corrected chi connectivity index (χ0v) is 20.4. The van der Waals surface area contributed by atoms with Crippen LogP contribution in [0.15, 0.2) is 72.3 Å². The molecule has 1 fully saturated rings. The maximum atomic E-state index is 13.4. The lowest BCUT2D eigenvalue weighted by Crippen LogP contribution is -2.29. The Labute approximate surface area is 213 Å². The Morgan fingerprint density at radius 2 is 1.59 bits per heavy atom. The van der Waals surface area contributed by atoms with Crippen molar-refractivity contribution in [1.29, 1.82) is 0 Å². The van der Waals surface area contributed by atoms with Crippen LogP contribution in [0.1, 0.15) is 27.5 Å². The summed E-state index contributed by atoms with van der Waals surface area (Å²) >= 11 is 0. The number of rotatable bonds is 5. The molecular formula is C28H24N2O7. The van der Waals surface area contributed by atoms with Crippen molar-refractivity contribution in [3.63, 3.8) is 0 Å². The molecule has 0 radical (unpaired) electrons. The van der Waals surface area contributed by atoms with Crippen molar-refractivity contribution in [2.24, 2.45) is 0 Å². The SMILES string of the molecule is COC(=O)c1ccc(N2C(=O)C(=O)/C(=C(\O)c3ccc4c(c3)OCO4)C2c2ccc(N(C)C)cc2)cc1. The molecule has 1 atom stereocenters. The van der Waals surface area contributed by atoms with Crippen LogP contribution in [0.3, 0.4) is 0 Å². The van der Waals surface area contributed by atoms with Gasteiger partial charge in [-0.25, -0.2) is 4.79 Å². The molecule has 2 aliphatic rings. The highest BCUT2D eigenvalue weighted by Crippen LogP contribution is 2.43. The molecule has 3 aromatic carbocycles. The van der Waals surface area contributed by atoms with Gasteiger partial charge < -0.3 is 24.2 Å². The molecule has 9 heteroatoms. The first-order valence-electron chi connectivity index (χ1n) is 11.5. The average Bonchev–Trinajstić information content (AvgIpc) is 3.49. The van der Waals surface area contributed by atoms with E-state index in [0.717, 1.165) is 5.69 Å². The maximum absolute atomic E-state index is 13.4. The number of methoxy groups -OCH3 is 1. The normalized spacial score (nSPS) is 17.7. The monoisotopic (exact) mass is 500 g/mol. The summed E-state index contributed by atoms with van der Waals surface area (Å²) in [6.45, 7) is 0.0593. The summed E-state index contributed by atoms with van der Waals surface area (Å²) in [5.74, 6) is -1.51. The van der Waals surface area contributed by atoms with Gasteiger partial charge in [0.1, 0.15) is 5.76 Å².